The van der Waals surface area contributed by atoms with Crippen molar-refractivity contribution < 1.29 is 14.3 Å². The van der Waals surface area contributed by atoms with Gasteiger partial charge in [-0.2, -0.15) is 0 Å². The van der Waals surface area contributed by atoms with Crippen molar-refractivity contribution in [3.8, 4) is 11.5 Å². The highest BCUT2D eigenvalue weighted by Gasteiger charge is 2.34. The molecule has 150 valence electrons. The van der Waals surface area contributed by atoms with Crippen LogP contribution < -0.4 is 14.8 Å². The van der Waals surface area contributed by atoms with E-state index in [0.717, 1.165) is 21.3 Å². The summed E-state index contributed by atoms with van der Waals surface area (Å²) in [5.41, 5.74) is 3.05. The van der Waals surface area contributed by atoms with Gasteiger partial charge in [-0.3, -0.25) is 4.79 Å². The molecule has 1 aliphatic heterocycles. The van der Waals surface area contributed by atoms with Gasteiger partial charge in [-0.05, 0) is 66.4 Å². The van der Waals surface area contributed by atoms with Crippen molar-refractivity contribution in [2.24, 2.45) is 0 Å². The van der Waals surface area contributed by atoms with Gasteiger partial charge in [0, 0.05) is 12.0 Å². The Kier molecular flexibility index (Phi) is 6.04. The van der Waals surface area contributed by atoms with E-state index < -0.39 is 0 Å². The van der Waals surface area contributed by atoms with E-state index in [0.29, 0.717) is 18.1 Å². The maximum atomic E-state index is 12.6. The minimum absolute atomic E-state index is 0.0292. The van der Waals surface area contributed by atoms with E-state index in [2.05, 4.69) is 41.2 Å². The van der Waals surface area contributed by atoms with Crippen LogP contribution in [-0.2, 0) is 4.79 Å². The van der Waals surface area contributed by atoms with Gasteiger partial charge >= 0.3 is 0 Å². The fourth-order valence-corrected chi connectivity index (χ4v) is 3.99. The monoisotopic (exact) mass is 445 g/mol. The van der Waals surface area contributed by atoms with Crippen LogP contribution in [0, 0.1) is 6.92 Å². The molecule has 1 amide bonds. The summed E-state index contributed by atoms with van der Waals surface area (Å²) < 4.78 is 12.7. The number of rotatable bonds is 5. The average Bonchev–Trinajstić information content (AvgIpc) is 2.60. The zero-order chi connectivity index (χ0) is 20.5. The summed E-state index contributed by atoms with van der Waals surface area (Å²) in [6, 6.07) is 12.0. The number of ether oxygens (including phenoxy) is 2. The fourth-order valence-electron chi connectivity index (χ4n) is 3.48. The number of aryl methyl sites for hydroxylation is 1. The van der Waals surface area contributed by atoms with Gasteiger partial charge in [0.1, 0.15) is 17.1 Å². The molecule has 1 N–H and O–H groups in total. The van der Waals surface area contributed by atoms with E-state index in [1.807, 2.05) is 51.1 Å². The quantitative estimate of drug-likeness (QED) is 0.643. The van der Waals surface area contributed by atoms with E-state index in [4.69, 9.17) is 9.47 Å². The molecule has 3 rings (SSSR count). The van der Waals surface area contributed by atoms with Crippen LogP contribution in [0.5, 0.6) is 11.5 Å². The summed E-state index contributed by atoms with van der Waals surface area (Å²) in [4.78, 5) is 12.6. The molecule has 1 heterocycles. The maximum Gasteiger partial charge on any atom is 0.258 e. The summed E-state index contributed by atoms with van der Waals surface area (Å²) >= 11 is 3.54. The SMILES string of the molecule is Cc1ccc2c(c1)[C@@H](NC(=O)COc1ccc(C(C)C)cc1Br)CC(C)(C)O2. The molecule has 0 spiro atoms. The second-order valence-corrected chi connectivity index (χ2v) is 9.21. The molecule has 0 aliphatic carbocycles. The molecule has 5 heteroatoms. The first-order valence-corrected chi connectivity index (χ1v) is 10.4. The van der Waals surface area contributed by atoms with Crippen LogP contribution in [0.2, 0.25) is 0 Å². The van der Waals surface area contributed by atoms with Gasteiger partial charge in [-0.15, -0.1) is 0 Å². The summed E-state index contributed by atoms with van der Waals surface area (Å²) in [7, 11) is 0. The van der Waals surface area contributed by atoms with Crippen molar-refractivity contribution in [2.75, 3.05) is 6.61 Å². The first-order chi connectivity index (χ1) is 13.1. The molecule has 4 nitrogen and oxygen atoms in total. The van der Waals surface area contributed by atoms with Gasteiger partial charge in [0.25, 0.3) is 5.91 Å². The number of hydrogen-bond acceptors (Lipinski definition) is 3. The summed E-state index contributed by atoms with van der Waals surface area (Å²) in [5.74, 6) is 1.80. The summed E-state index contributed by atoms with van der Waals surface area (Å²) in [6.45, 7) is 10.4. The largest absolute Gasteiger partial charge is 0.487 e. The lowest BCUT2D eigenvalue weighted by Gasteiger charge is -2.38. The molecule has 0 unspecified atom stereocenters. The maximum absolute atomic E-state index is 12.6. The Morgan fingerprint density at radius 2 is 2.04 bits per heavy atom. The molecule has 2 aromatic carbocycles. The standard InChI is InChI=1S/C23H28BrNO3/c1-14(2)16-7-9-21(18(24)11-16)27-13-22(26)25-19-12-23(4,5)28-20-8-6-15(3)10-17(19)20/h6-11,14,19H,12-13H2,1-5H3,(H,25,26)/t19-/m0/s1. The number of hydrogen-bond donors (Lipinski definition) is 1. The van der Waals surface area contributed by atoms with Crippen LogP contribution in [0.25, 0.3) is 0 Å². The molecule has 0 radical (unpaired) electrons. The zero-order valence-corrected chi connectivity index (χ0v) is 18.7. The van der Waals surface area contributed by atoms with Crippen LogP contribution in [0.15, 0.2) is 40.9 Å². The van der Waals surface area contributed by atoms with Crippen LogP contribution in [-0.4, -0.2) is 18.1 Å². The van der Waals surface area contributed by atoms with Crippen molar-refractivity contribution in [2.45, 2.75) is 58.6 Å². The molecule has 2 aromatic rings. The number of carbonyl (C=O) groups excluding carboxylic acids is 1. The molecule has 0 aromatic heterocycles. The molecular weight excluding hydrogens is 418 g/mol. The number of fused-ring (bicyclic) bond motifs is 1. The highest BCUT2D eigenvalue weighted by atomic mass is 79.9. The van der Waals surface area contributed by atoms with Crippen molar-refractivity contribution >= 4 is 21.8 Å². The van der Waals surface area contributed by atoms with Crippen LogP contribution >= 0.6 is 15.9 Å². The van der Waals surface area contributed by atoms with Crippen molar-refractivity contribution in [1.82, 2.24) is 5.32 Å². The lowest BCUT2D eigenvalue weighted by atomic mass is 9.89. The third kappa shape index (κ3) is 4.88. The highest BCUT2D eigenvalue weighted by molar-refractivity contribution is 9.10. The Labute approximate surface area is 175 Å². The van der Waals surface area contributed by atoms with E-state index in [9.17, 15) is 4.79 Å². The second-order valence-electron chi connectivity index (χ2n) is 8.36. The number of nitrogens with one attached hydrogen (secondary N) is 1. The Bertz CT molecular complexity index is 876. The molecule has 0 saturated heterocycles. The average molecular weight is 446 g/mol. The Hall–Kier alpha value is -2.01. The first-order valence-electron chi connectivity index (χ1n) is 9.66. The molecule has 1 aliphatic rings. The predicted molar refractivity (Wildman–Crippen MR) is 115 cm³/mol. The molecule has 1 atom stereocenters. The highest BCUT2D eigenvalue weighted by Crippen LogP contribution is 2.39. The van der Waals surface area contributed by atoms with Gasteiger partial charge in [0.2, 0.25) is 0 Å². The molecular formula is C23H28BrNO3. The zero-order valence-electron chi connectivity index (χ0n) is 17.1. The van der Waals surface area contributed by atoms with Crippen LogP contribution in [0.1, 0.15) is 62.8 Å². The van der Waals surface area contributed by atoms with E-state index in [-0.39, 0.29) is 24.2 Å². The van der Waals surface area contributed by atoms with Crippen molar-refractivity contribution in [3.05, 3.63) is 57.6 Å². The minimum atomic E-state index is -0.337. The Morgan fingerprint density at radius 1 is 1.29 bits per heavy atom. The summed E-state index contributed by atoms with van der Waals surface area (Å²) in [6.07, 6.45) is 0.710. The Balaban J connectivity index is 1.67. The number of amides is 1. The molecule has 28 heavy (non-hydrogen) atoms. The third-order valence-corrected chi connectivity index (χ3v) is 5.56. The normalized spacial score (nSPS) is 17.6. The van der Waals surface area contributed by atoms with Gasteiger partial charge in [-0.1, -0.05) is 37.6 Å². The number of carbonyl (C=O) groups is 1. The first kappa shape index (κ1) is 20.7. The number of halogens is 1. The molecule has 0 fully saturated rings. The minimum Gasteiger partial charge on any atom is -0.487 e. The van der Waals surface area contributed by atoms with Crippen LogP contribution in [0.4, 0.5) is 0 Å². The fraction of sp³-hybridized carbons (Fsp3) is 0.435. The third-order valence-electron chi connectivity index (χ3n) is 4.94. The number of benzene rings is 2. The van der Waals surface area contributed by atoms with Gasteiger partial charge < -0.3 is 14.8 Å². The van der Waals surface area contributed by atoms with Crippen molar-refractivity contribution in [1.29, 1.82) is 0 Å². The predicted octanol–water partition coefficient (Wildman–Crippen LogP) is 5.68. The smallest absolute Gasteiger partial charge is 0.258 e. The molecule has 0 saturated carbocycles. The van der Waals surface area contributed by atoms with E-state index in [1.165, 1.54) is 5.56 Å². The van der Waals surface area contributed by atoms with Gasteiger partial charge in [0.05, 0.1) is 10.5 Å². The topological polar surface area (TPSA) is 47.6 Å². The second kappa shape index (κ2) is 8.16. The lowest BCUT2D eigenvalue weighted by Crippen LogP contribution is -2.42. The van der Waals surface area contributed by atoms with Gasteiger partial charge in [0.15, 0.2) is 6.61 Å². The van der Waals surface area contributed by atoms with Crippen molar-refractivity contribution in [3.63, 3.8) is 0 Å². The Morgan fingerprint density at radius 3 is 2.71 bits per heavy atom. The molecule has 0 bridgehead atoms. The van der Waals surface area contributed by atoms with E-state index in [1.54, 1.807) is 0 Å². The summed E-state index contributed by atoms with van der Waals surface area (Å²) in [5, 5.41) is 3.12. The van der Waals surface area contributed by atoms with E-state index >= 15 is 0 Å². The van der Waals surface area contributed by atoms with Crippen LogP contribution in [0.3, 0.4) is 0 Å². The van der Waals surface area contributed by atoms with Gasteiger partial charge in [-0.25, -0.2) is 0 Å². The lowest BCUT2D eigenvalue weighted by molar-refractivity contribution is -0.124.